The van der Waals surface area contributed by atoms with Gasteiger partial charge in [-0.05, 0) is 24.3 Å². The van der Waals surface area contributed by atoms with Crippen molar-refractivity contribution in [3.8, 4) is 17.0 Å². The second-order valence-electron chi connectivity index (χ2n) is 4.49. The van der Waals surface area contributed by atoms with E-state index in [1.165, 1.54) is 0 Å². The van der Waals surface area contributed by atoms with E-state index in [-0.39, 0.29) is 12.5 Å². The molecule has 3 rings (SSSR count). The van der Waals surface area contributed by atoms with Gasteiger partial charge < -0.3 is 15.4 Å². The standard InChI is InChI=1S/C14H14N4O2/c1-18-11-6-9(2-3-12(11)20-8-14(18)19)10-4-5-16-13(7-15)17-10/h2-6H,7-8,15H2,1H3. The van der Waals surface area contributed by atoms with E-state index in [2.05, 4.69) is 9.97 Å². The first-order chi connectivity index (χ1) is 9.69. The number of amides is 1. The van der Waals surface area contributed by atoms with Crippen LogP contribution in [0.25, 0.3) is 11.3 Å². The number of anilines is 1. The molecule has 0 atom stereocenters. The second-order valence-corrected chi connectivity index (χ2v) is 4.49. The summed E-state index contributed by atoms with van der Waals surface area (Å²) in [5, 5.41) is 0. The van der Waals surface area contributed by atoms with Gasteiger partial charge in [-0.15, -0.1) is 0 Å². The first-order valence-corrected chi connectivity index (χ1v) is 6.25. The number of benzene rings is 1. The van der Waals surface area contributed by atoms with Crippen molar-refractivity contribution >= 4 is 11.6 Å². The van der Waals surface area contributed by atoms with Crippen molar-refractivity contribution in [2.75, 3.05) is 18.6 Å². The zero-order valence-corrected chi connectivity index (χ0v) is 11.0. The van der Waals surface area contributed by atoms with Gasteiger partial charge in [0, 0.05) is 18.8 Å². The van der Waals surface area contributed by atoms with Gasteiger partial charge in [0.1, 0.15) is 11.6 Å². The number of hydrogen-bond donors (Lipinski definition) is 1. The number of fused-ring (bicyclic) bond motifs is 1. The summed E-state index contributed by atoms with van der Waals surface area (Å²) in [6.07, 6.45) is 1.68. The van der Waals surface area contributed by atoms with Crippen molar-refractivity contribution in [1.29, 1.82) is 0 Å². The zero-order valence-electron chi connectivity index (χ0n) is 11.0. The molecule has 0 radical (unpaired) electrons. The van der Waals surface area contributed by atoms with Crippen LogP contribution in [0.4, 0.5) is 5.69 Å². The van der Waals surface area contributed by atoms with Gasteiger partial charge >= 0.3 is 0 Å². The zero-order chi connectivity index (χ0) is 14.1. The Balaban J connectivity index is 2.05. The van der Waals surface area contributed by atoms with E-state index in [0.29, 0.717) is 18.1 Å². The van der Waals surface area contributed by atoms with Crippen LogP contribution in [0.3, 0.4) is 0 Å². The lowest BCUT2D eigenvalue weighted by Gasteiger charge is -2.26. The summed E-state index contributed by atoms with van der Waals surface area (Å²) in [5.41, 5.74) is 7.96. The average Bonchev–Trinajstić information content (AvgIpc) is 2.51. The highest BCUT2D eigenvalue weighted by molar-refractivity contribution is 5.98. The molecular formula is C14H14N4O2. The third-order valence-corrected chi connectivity index (χ3v) is 3.23. The van der Waals surface area contributed by atoms with Crippen LogP contribution in [0.5, 0.6) is 5.75 Å². The highest BCUT2D eigenvalue weighted by Crippen LogP contribution is 2.34. The Morgan fingerprint density at radius 1 is 1.40 bits per heavy atom. The molecule has 1 aliphatic rings. The van der Waals surface area contributed by atoms with Gasteiger partial charge in [0.05, 0.1) is 17.9 Å². The largest absolute Gasteiger partial charge is 0.482 e. The predicted octanol–water partition coefficient (Wildman–Crippen LogP) is 0.957. The van der Waals surface area contributed by atoms with Crippen LogP contribution in [0.2, 0.25) is 0 Å². The molecule has 0 fully saturated rings. The maximum atomic E-state index is 11.7. The molecule has 0 unspecified atom stereocenters. The van der Waals surface area contributed by atoms with Crippen LogP contribution in [0.1, 0.15) is 5.82 Å². The van der Waals surface area contributed by atoms with E-state index in [4.69, 9.17) is 10.5 Å². The number of hydrogen-bond acceptors (Lipinski definition) is 5. The van der Waals surface area contributed by atoms with Crippen LogP contribution in [0, 0.1) is 0 Å². The van der Waals surface area contributed by atoms with Crippen molar-refractivity contribution in [3.05, 3.63) is 36.3 Å². The van der Waals surface area contributed by atoms with Crippen LogP contribution in [-0.4, -0.2) is 29.5 Å². The first-order valence-electron chi connectivity index (χ1n) is 6.25. The Labute approximate surface area is 116 Å². The number of carbonyl (C=O) groups is 1. The maximum absolute atomic E-state index is 11.7. The third kappa shape index (κ3) is 2.10. The van der Waals surface area contributed by atoms with Crippen LogP contribution >= 0.6 is 0 Å². The Kier molecular flexibility index (Phi) is 3.08. The molecule has 20 heavy (non-hydrogen) atoms. The number of ether oxygens (including phenoxy) is 1. The van der Waals surface area contributed by atoms with Gasteiger partial charge in [0.25, 0.3) is 5.91 Å². The van der Waals surface area contributed by atoms with Crippen LogP contribution in [-0.2, 0) is 11.3 Å². The summed E-state index contributed by atoms with van der Waals surface area (Å²) in [4.78, 5) is 21.7. The number of rotatable bonds is 2. The second kappa shape index (κ2) is 4.90. The number of carbonyl (C=O) groups excluding carboxylic acids is 1. The van der Waals surface area contributed by atoms with Gasteiger partial charge in [-0.1, -0.05) is 0 Å². The lowest BCUT2D eigenvalue weighted by molar-refractivity contribution is -0.120. The molecule has 1 aromatic heterocycles. The fourth-order valence-corrected chi connectivity index (χ4v) is 2.09. The van der Waals surface area contributed by atoms with Crippen LogP contribution < -0.4 is 15.4 Å². The SMILES string of the molecule is CN1C(=O)COc2ccc(-c3ccnc(CN)n3)cc21. The summed E-state index contributed by atoms with van der Waals surface area (Å²) >= 11 is 0. The first kappa shape index (κ1) is 12.6. The molecule has 2 aromatic rings. The van der Waals surface area contributed by atoms with Crippen molar-refractivity contribution in [2.24, 2.45) is 5.73 Å². The van der Waals surface area contributed by atoms with Gasteiger partial charge in [0.15, 0.2) is 6.61 Å². The highest BCUT2D eigenvalue weighted by atomic mass is 16.5. The molecular weight excluding hydrogens is 256 g/mol. The summed E-state index contributed by atoms with van der Waals surface area (Å²) in [6, 6.07) is 7.45. The molecule has 1 aliphatic heterocycles. The van der Waals surface area contributed by atoms with Crippen molar-refractivity contribution in [1.82, 2.24) is 9.97 Å². The Morgan fingerprint density at radius 2 is 2.25 bits per heavy atom. The molecule has 2 N–H and O–H groups in total. The van der Waals surface area contributed by atoms with Crippen molar-refractivity contribution in [2.45, 2.75) is 6.54 Å². The molecule has 0 spiro atoms. The molecule has 1 amide bonds. The molecule has 6 nitrogen and oxygen atoms in total. The quantitative estimate of drug-likeness (QED) is 0.879. The minimum Gasteiger partial charge on any atom is -0.482 e. The summed E-state index contributed by atoms with van der Waals surface area (Å²) in [5.74, 6) is 1.21. The minimum absolute atomic E-state index is 0.0695. The van der Waals surface area contributed by atoms with E-state index in [9.17, 15) is 4.79 Å². The van der Waals surface area contributed by atoms with Gasteiger partial charge in [0.2, 0.25) is 0 Å². The van der Waals surface area contributed by atoms with Gasteiger partial charge in [-0.2, -0.15) is 0 Å². The van der Waals surface area contributed by atoms with E-state index in [1.807, 2.05) is 24.3 Å². The van der Waals surface area contributed by atoms with E-state index < -0.39 is 0 Å². The monoisotopic (exact) mass is 270 g/mol. The number of likely N-dealkylation sites (N-methyl/N-ethyl adjacent to an activating group) is 1. The average molecular weight is 270 g/mol. The smallest absolute Gasteiger partial charge is 0.264 e. The number of nitrogens with zero attached hydrogens (tertiary/aromatic N) is 3. The summed E-state index contributed by atoms with van der Waals surface area (Å²) < 4.78 is 5.40. The molecule has 0 saturated heterocycles. The topological polar surface area (TPSA) is 81.3 Å². The van der Waals surface area contributed by atoms with E-state index in [1.54, 1.807) is 18.1 Å². The van der Waals surface area contributed by atoms with Crippen molar-refractivity contribution in [3.63, 3.8) is 0 Å². The summed E-state index contributed by atoms with van der Waals surface area (Å²) in [7, 11) is 1.73. The summed E-state index contributed by atoms with van der Waals surface area (Å²) in [6.45, 7) is 0.369. The van der Waals surface area contributed by atoms with Crippen molar-refractivity contribution < 1.29 is 9.53 Å². The molecule has 2 heterocycles. The molecule has 102 valence electrons. The minimum atomic E-state index is -0.0695. The molecule has 6 heteroatoms. The van der Waals surface area contributed by atoms with E-state index in [0.717, 1.165) is 16.9 Å². The maximum Gasteiger partial charge on any atom is 0.264 e. The Bertz CT molecular complexity index is 672. The fraction of sp³-hybridized carbons (Fsp3) is 0.214. The highest BCUT2D eigenvalue weighted by Gasteiger charge is 2.22. The fourth-order valence-electron chi connectivity index (χ4n) is 2.09. The Morgan fingerprint density at radius 3 is 3.05 bits per heavy atom. The third-order valence-electron chi connectivity index (χ3n) is 3.23. The molecule has 0 bridgehead atoms. The molecule has 1 aromatic carbocycles. The molecule has 0 saturated carbocycles. The normalized spacial score (nSPS) is 13.9. The van der Waals surface area contributed by atoms with E-state index >= 15 is 0 Å². The van der Waals surface area contributed by atoms with Gasteiger partial charge in [-0.25, -0.2) is 9.97 Å². The van der Waals surface area contributed by atoms with Gasteiger partial charge in [-0.3, -0.25) is 4.79 Å². The predicted molar refractivity (Wildman–Crippen MR) is 74.3 cm³/mol. The van der Waals surface area contributed by atoms with Crippen LogP contribution in [0.15, 0.2) is 30.5 Å². The number of nitrogens with two attached hydrogens (primary N) is 1. The Hall–Kier alpha value is -2.47. The number of aromatic nitrogens is 2. The lowest BCUT2D eigenvalue weighted by Crippen LogP contribution is -2.35. The lowest BCUT2D eigenvalue weighted by atomic mass is 10.1. The molecule has 0 aliphatic carbocycles.